The third-order valence-electron chi connectivity index (χ3n) is 5.86. The fraction of sp³-hybridized carbons (Fsp3) is 0.217. The summed E-state index contributed by atoms with van der Waals surface area (Å²) in [6.07, 6.45) is 0.516. The Kier molecular flexibility index (Phi) is 4.85. The molecule has 0 radical (unpaired) electrons. The topological polar surface area (TPSA) is 114 Å². The van der Waals surface area contributed by atoms with Crippen molar-refractivity contribution in [1.82, 2.24) is 15.1 Å². The number of amides is 2. The summed E-state index contributed by atoms with van der Waals surface area (Å²) < 4.78 is 6.90. The van der Waals surface area contributed by atoms with E-state index in [1.54, 1.807) is 0 Å². The zero-order valence-corrected chi connectivity index (χ0v) is 17.0. The third kappa shape index (κ3) is 3.27. The number of anilines is 1. The summed E-state index contributed by atoms with van der Waals surface area (Å²) in [7, 11) is 0. The Morgan fingerprint density at radius 2 is 1.69 bits per heavy atom. The van der Waals surface area contributed by atoms with E-state index in [-0.39, 0.29) is 30.5 Å². The van der Waals surface area contributed by atoms with E-state index < -0.39 is 18.0 Å². The number of fused-ring (bicyclic) bond motifs is 4. The summed E-state index contributed by atoms with van der Waals surface area (Å²) in [6.45, 7) is 0.544. The number of aromatic nitrogens is 2. The Hall–Kier alpha value is -4.14. The number of rotatable bonds is 5. The number of ether oxygens (including phenoxy) is 1. The Morgan fingerprint density at radius 3 is 2.34 bits per heavy atom. The molecule has 2 amide bonds. The number of nitrogens with zero attached hydrogens (tertiary/aromatic N) is 3. The van der Waals surface area contributed by atoms with E-state index in [0.717, 1.165) is 22.3 Å². The van der Waals surface area contributed by atoms with Crippen LogP contribution in [0.25, 0.3) is 11.1 Å². The lowest BCUT2D eigenvalue weighted by atomic mass is 9.98. The van der Waals surface area contributed by atoms with Crippen molar-refractivity contribution in [3.05, 3.63) is 71.4 Å². The molecule has 0 spiro atoms. The Balaban J connectivity index is 1.21. The Morgan fingerprint density at radius 1 is 1.03 bits per heavy atom. The van der Waals surface area contributed by atoms with Gasteiger partial charge < -0.3 is 15.2 Å². The van der Waals surface area contributed by atoms with Crippen LogP contribution in [0.15, 0.2) is 54.7 Å². The van der Waals surface area contributed by atoms with E-state index in [2.05, 4.69) is 22.5 Å². The molecule has 32 heavy (non-hydrogen) atoms. The lowest BCUT2D eigenvalue weighted by Crippen LogP contribution is -2.40. The summed E-state index contributed by atoms with van der Waals surface area (Å²) in [6, 6.07) is 16.1. The summed E-state index contributed by atoms with van der Waals surface area (Å²) in [5, 5.41) is 15.7. The molecule has 2 N–H and O–H groups in total. The van der Waals surface area contributed by atoms with Crippen molar-refractivity contribution in [2.75, 3.05) is 24.6 Å². The molecular formula is C23H20N4O5. The average molecular weight is 432 g/mol. The van der Waals surface area contributed by atoms with Crippen molar-refractivity contribution >= 4 is 23.8 Å². The fourth-order valence-corrected chi connectivity index (χ4v) is 4.41. The molecule has 3 aromatic rings. The van der Waals surface area contributed by atoms with Crippen molar-refractivity contribution in [2.24, 2.45) is 0 Å². The molecule has 9 heteroatoms. The number of hydrogen-bond acceptors (Lipinski definition) is 5. The normalized spacial score (nSPS) is 13.9. The van der Waals surface area contributed by atoms with Crippen molar-refractivity contribution < 1.29 is 24.2 Å². The van der Waals surface area contributed by atoms with Crippen LogP contribution >= 0.6 is 0 Å². The maximum atomic E-state index is 12.6. The number of carboxylic acid groups (broad SMARTS) is 1. The molecule has 0 bridgehead atoms. The van der Waals surface area contributed by atoms with E-state index in [4.69, 9.17) is 4.74 Å². The van der Waals surface area contributed by atoms with Gasteiger partial charge in [-0.1, -0.05) is 48.5 Å². The molecule has 0 unspecified atom stereocenters. The molecule has 2 heterocycles. The van der Waals surface area contributed by atoms with Gasteiger partial charge in [0.2, 0.25) is 5.91 Å². The molecule has 9 nitrogen and oxygen atoms in total. The molecular weight excluding hydrogens is 412 g/mol. The molecule has 1 aliphatic heterocycles. The van der Waals surface area contributed by atoms with Gasteiger partial charge in [-0.15, -0.1) is 0 Å². The lowest BCUT2D eigenvalue weighted by Gasteiger charge is -2.17. The van der Waals surface area contributed by atoms with Gasteiger partial charge in [-0.2, -0.15) is 5.10 Å². The van der Waals surface area contributed by atoms with Gasteiger partial charge in [-0.05, 0) is 22.3 Å². The second kappa shape index (κ2) is 7.84. The van der Waals surface area contributed by atoms with Gasteiger partial charge in [0.05, 0.1) is 12.7 Å². The van der Waals surface area contributed by atoms with Gasteiger partial charge in [-0.25, -0.2) is 14.3 Å². The number of carbonyl (C=O) groups is 3. The van der Waals surface area contributed by atoms with Crippen LogP contribution in [0.1, 0.15) is 27.4 Å². The van der Waals surface area contributed by atoms with Crippen LogP contribution in [0.5, 0.6) is 0 Å². The minimum atomic E-state index is -1.16. The SMILES string of the molecule is O=C(NCC(=O)N1CCn2ncc(C(=O)O)c21)OCC1c2ccccc2-c2ccccc21. The van der Waals surface area contributed by atoms with Crippen LogP contribution in [0.4, 0.5) is 10.6 Å². The molecule has 1 aromatic heterocycles. The third-order valence-corrected chi connectivity index (χ3v) is 5.86. The minimum Gasteiger partial charge on any atom is -0.477 e. The van der Waals surface area contributed by atoms with Gasteiger partial charge in [0.25, 0.3) is 0 Å². The number of benzene rings is 2. The highest BCUT2D eigenvalue weighted by atomic mass is 16.5. The van der Waals surface area contributed by atoms with Crippen LogP contribution in [-0.2, 0) is 16.1 Å². The summed E-state index contributed by atoms with van der Waals surface area (Å²) in [5.41, 5.74) is 4.42. The summed E-state index contributed by atoms with van der Waals surface area (Å²) in [5.74, 6) is -1.43. The first-order valence-corrected chi connectivity index (χ1v) is 10.2. The maximum absolute atomic E-state index is 12.6. The smallest absolute Gasteiger partial charge is 0.407 e. The van der Waals surface area contributed by atoms with E-state index in [1.807, 2.05) is 36.4 Å². The van der Waals surface area contributed by atoms with E-state index >= 15 is 0 Å². The number of alkyl carbamates (subject to hydrolysis) is 1. The largest absolute Gasteiger partial charge is 0.477 e. The van der Waals surface area contributed by atoms with Crippen LogP contribution in [0, 0.1) is 0 Å². The second-order valence-corrected chi connectivity index (χ2v) is 7.63. The second-order valence-electron chi connectivity index (χ2n) is 7.63. The summed E-state index contributed by atoms with van der Waals surface area (Å²) >= 11 is 0. The van der Waals surface area contributed by atoms with Crippen LogP contribution in [-0.4, -0.2) is 52.6 Å². The molecule has 162 valence electrons. The standard InChI is InChI=1S/C23H20N4O5/c28-20(26-9-10-27-21(26)18(11-25-27)22(29)30)12-24-23(31)32-13-19-16-7-3-1-5-14(16)15-6-2-4-8-17(15)19/h1-8,11,19H,9-10,12-13H2,(H,24,31)(H,29,30). The number of aromatic carboxylic acids is 1. The van der Waals surface area contributed by atoms with Crippen molar-refractivity contribution in [1.29, 1.82) is 0 Å². The minimum absolute atomic E-state index is 0.0445. The molecule has 1 aliphatic carbocycles. The van der Waals surface area contributed by atoms with Crippen molar-refractivity contribution in [2.45, 2.75) is 12.5 Å². The molecule has 2 aromatic carbocycles. The molecule has 0 atom stereocenters. The molecule has 2 aliphatic rings. The van der Waals surface area contributed by atoms with Crippen LogP contribution < -0.4 is 10.2 Å². The monoisotopic (exact) mass is 432 g/mol. The zero-order chi connectivity index (χ0) is 22.2. The van der Waals surface area contributed by atoms with Gasteiger partial charge in [-0.3, -0.25) is 9.69 Å². The highest BCUT2D eigenvalue weighted by molar-refractivity contribution is 6.02. The predicted molar refractivity (Wildman–Crippen MR) is 115 cm³/mol. The first kappa shape index (κ1) is 19.8. The average Bonchev–Trinajstić information content (AvgIpc) is 3.48. The number of nitrogens with one attached hydrogen (secondary N) is 1. The highest BCUT2D eigenvalue weighted by Gasteiger charge is 2.32. The maximum Gasteiger partial charge on any atom is 0.407 e. The molecule has 0 saturated carbocycles. The lowest BCUT2D eigenvalue weighted by molar-refractivity contribution is -0.117. The van der Waals surface area contributed by atoms with Gasteiger partial charge >= 0.3 is 12.1 Å². The van der Waals surface area contributed by atoms with Crippen molar-refractivity contribution in [3.63, 3.8) is 0 Å². The van der Waals surface area contributed by atoms with Crippen LogP contribution in [0.3, 0.4) is 0 Å². The molecule has 0 saturated heterocycles. The van der Waals surface area contributed by atoms with Crippen LogP contribution in [0.2, 0.25) is 0 Å². The van der Waals surface area contributed by atoms with Crippen molar-refractivity contribution in [3.8, 4) is 11.1 Å². The fourth-order valence-electron chi connectivity index (χ4n) is 4.41. The predicted octanol–water partition coefficient (Wildman–Crippen LogP) is 2.47. The molecule has 0 fully saturated rings. The van der Waals surface area contributed by atoms with E-state index in [9.17, 15) is 19.5 Å². The number of carboxylic acids is 1. The van der Waals surface area contributed by atoms with E-state index in [1.165, 1.54) is 15.8 Å². The zero-order valence-electron chi connectivity index (χ0n) is 17.0. The summed E-state index contributed by atoms with van der Waals surface area (Å²) in [4.78, 5) is 37.6. The number of carbonyl (C=O) groups excluding carboxylic acids is 2. The first-order valence-electron chi connectivity index (χ1n) is 10.2. The Labute approximate surface area is 183 Å². The quantitative estimate of drug-likeness (QED) is 0.640. The Bertz CT molecular complexity index is 1190. The van der Waals surface area contributed by atoms with E-state index in [0.29, 0.717) is 13.1 Å². The molecule has 5 rings (SSSR count). The first-order chi connectivity index (χ1) is 15.5. The van der Waals surface area contributed by atoms with Gasteiger partial charge in [0.15, 0.2) is 0 Å². The van der Waals surface area contributed by atoms with Gasteiger partial charge in [0.1, 0.15) is 24.5 Å². The highest BCUT2D eigenvalue weighted by Crippen LogP contribution is 2.44. The van der Waals surface area contributed by atoms with Gasteiger partial charge in [0, 0.05) is 12.5 Å². The number of hydrogen-bond donors (Lipinski definition) is 2.